The zero-order valence-electron chi connectivity index (χ0n) is 8.65. The van der Waals surface area contributed by atoms with E-state index in [9.17, 15) is 13.2 Å². The van der Waals surface area contributed by atoms with Crippen molar-refractivity contribution in [2.24, 2.45) is 0 Å². The Balaban J connectivity index is 3.02. The van der Waals surface area contributed by atoms with Crippen molar-refractivity contribution in [2.75, 3.05) is 4.72 Å². The predicted octanol–water partition coefficient (Wildman–Crippen LogP) is 2.21. The van der Waals surface area contributed by atoms with Crippen molar-refractivity contribution in [3.63, 3.8) is 0 Å². The van der Waals surface area contributed by atoms with Crippen LogP contribution in [0.1, 0.15) is 6.92 Å². The van der Waals surface area contributed by atoms with Crippen LogP contribution < -0.4 is 4.72 Å². The summed E-state index contributed by atoms with van der Waals surface area (Å²) in [5.74, 6) is -1.44. The quantitative estimate of drug-likeness (QED) is 0.892. The molecule has 0 aliphatic heterocycles. The van der Waals surface area contributed by atoms with Crippen LogP contribution in [0.15, 0.2) is 18.2 Å². The summed E-state index contributed by atoms with van der Waals surface area (Å²) in [6.07, 6.45) is 0. The van der Waals surface area contributed by atoms with E-state index in [1.54, 1.807) is 0 Å². The topological polar surface area (TPSA) is 83.5 Å². The van der Waals surface area contributed by atoms with Gasteiger partial charge in [-0.15, -0.1) is 0 Å². The Bertz CT molecular complexity index is 524. The van der Waals surface area contributed by atoms with Gasteiger partial charge in [-0.25, -0.2) is 8.42 Å². The monoisotopic (exact) mass is 297 g/mol. The van der Waals surface area contributed by atoms with Gasteiger partial charge in [-0.2, -0.15) is 0 Å². The normalized spacial score (nSPS) is 13.1. The van der Waals surface area contributed by atoms with Crippen LogP contribution in [0, 0.1) is 0 Å². The molecular weight excluding hydrogens is 289 g/mol. The Morgan fingerprint density at radius 3 is 2.18 bits per heavy atom. The van der Waals surface area contributed by atoms with Gasteiger partial charge >= 0.3 is 5.97 Å². The van der Waals surface area contributed by atoms with E-state index in [0.717, 1.165) is 6.92 Å². The minimum atomic E-state index is -4.01. The van der Waals surface area contributed by atoms with Gasteiger partial charge in [0.15, 0.2) is 5.25 Å². The number of halogens is 2. The largest absolute Gasteiger partial charge is 0.480 e. The van der Waals surface area contributed by atoms with Crippen LogP contribution in [0.4, 0.5) is 5.69 Å². The first kappa shape index (κ1) is 14.1. The van der Waals surface area contributed by atoms with Crippen LogP contribution in [0.25, 0.3) is 0 Å². The lowest BCUT2D eigenvalue weighted by molar-refractivity contribution is -0.136. The van der Waals surface area contributed by atoms with E-state index in [-0.39, 0.29) is 15.7 Å². The Morgan fingerprint density at radius 2 is 1.76 bits per heavy atom. The smallest absolute Gasteiger partial charge is 0.323 e. The summed E-state index contributed by atoms with van der Waals surface area (Å²) in [7, 11) is -4.01. The molecule has 0 heterocycles. The Hall–Kier alpha value is -0.980. The van der Waals surface area contributed by atoms with Crippen molar-refractivity contribution in [1.82, 2.24) is 0 Å². The average molecular weight is 298 g/mol. The summed E-state index contributed by atoms with van der Waals surface area (Å²) >= 11 is 11.4. The van der Waals surface area contributed by atoms with E-state index < -0.39 is 21.2 Å². The number of hydrogen-bond acceptors (Lipinski definition) is 3. The molecule has 94 valence electrons. The number of carboxylic acids is 1. The van der Waals surface area contributed by atoms with Gasteiger partial charge in [0.1, 0.15) is 0 Å². The first-order chi connectivity index (χ1) is 7.72. The summed E-state index contributed by atoms with van der Waals surface area (Å²) in [6.45, 7) is 1.07. The maximum Gasteiger partial charge on any atom is 0.323 e. The van der Waals surface area contributed by atoms with Crippen molar-refractivity contribution < 1.29 is 18.3 Å². The second-order valence-electron chi connectivity index (χ2n) is 3.29. The third-order valence-electron chi connectivity index (χ3n) is 1.94. The summed E-state index contributed by atoms with van der Waals surface area (Å²) in [6, 6.07) is 4.10. The number of carbonyl (C=O) groups is 1. The molecule has 0 radical (unpaired) electrons. The maximum absolute atomic E-state index is 11.6. The van der Waals surface area contributed by atoms with E-state index >= 15 is 0 Å². The number of nitrogens with one attached hydrogen (secondary N) is 1. The van der Waals surface area contributed by atoms with Crippen molar-refractivity contribution >= 4 is 44.9 Å². The highest BCUT2D eigenvalue weighted by atomic mass is 35.5. The van der Waals surface area contributed by atoms with Crippen molar-refractivity contribution in [1.29, 1.82) is 0 Å². The first-order valence-electron chi connectivity index (χ1n) is 4.43. The van der Waals surface area contributed by atoms with Crippen molar-refractivity contribution in [3.8, 4) is 0 Å². The van der Waals surface area contributed by atoms with E-state index in [0.29, 0.717) is 0 Å². The Kier molecular flexibility index (Phi) is 4.24. The molecule has 1 rings (SSSR count). The van der Waals surface area contributed by atoms with E-state index in [4.69, 9.17) is 28.3 Å². The van der Waals surface area contributed by atoms with Gasteiger partial charge in [0, 0.05) is 10.0 Å². The lowest BCUT2D eigenvalue weighted by Crippen LogP contribution is -2.32. The van der Waals surface area contributed by atoms with E-state index in [1.165, 1.54) is 18.2 Å². The molecule has 0 aromatic heterocycles. The van der Waals surface area contributed by atoms with Crippen LogP contribution in [0.5, 0.6) is 0 Å². The molecular formula is C9H9Cl2NO4S. The first-order valence-corrected chi connectivity index (χ1v) is 6.73. The molecule has 8 heteroatoms. The zero-order valence-corrected chi connectivity index (χ0v) is 11.0. The van der Waals surface area contributed by atoms with Crippen molar-refractivity contribution in [3.05, 3.63) is 28.2 Å². The van der Waals surface area contributed by atoms with Crippen LogP contribution >= 0.6 is 23.2 Å². The fraction of sp³-hybridized carbons (Fsp3) is 0.222. The summed E-state index contributed by atoms with van der Waals surface area (Å²) in [5.41, 5.74) is 0.121. The lowest BCUT2D eigenvalue weighted by Gasteiger charge is -2.11. The molecule has 5 nitrogen and oxygen atoms in total. The molecule has 0 spiro atoms. The lowest BCUT2D eigenvalue weighted by atomic mass is 10.3. The molecule has 17 heavy (non-hydrogen) atoms. The summed E-state index contributed by atoms with van der Waals surface area (Å²) in [5, 5.41) is 7.56. The number of benzene rings is 1. The minimum Gasteiger partial charge on any atom is -0.480 e. The van der Waals surface area contributed by atoms with Gasteiger partial charge in [0.2, 0.25) is 10.0 Å². The van der Waals surface area contributed by atoms with Gasteiger partial charge in [0.05, 0.1) is 5.69 Å². The molecule has 1 atom stereocenters. The van der Waals surface area contributed by atoms with Gasteiger partial charge in [-0.05, 0) is 25.1 Å². The number of anilines is 1. The maximum atomic E-state index is 11.6. The molecule has 0 amide bonds. The van der Waals surface area contributed by atoms with Crippen LogP contribution in [0.3, 0.4) is 0 Å². The number of carboxylic acid groups (broad SMARTS) is 1. The minimum absolute atomic E-state index is 0.121. The van der Waals surface area contributed by atoms with E-state index in [2.05, 4.69) is 4.72 Å². The molecule has 0 saturated carbocycles. The fourth-order valence-corrected chi connectivity index (χ4v) is 2.41. The molecule has 0 saturated heterocycles. The molecule has 0 fully saturated rings. The number of hydrogen-bond donors (Lipinski definition) is 2. The third-order valence-corrected chi connectivity index (χ3v) is 4.03. The Labute approximate surface area is 108 Å². The van der Waals surface area contributed by atoms with Crippen molar-refractivity contribution in [2.45, 2.75) is 12.2 Å². The molecule has 0 bridgehead atoms. The van der Waals surface area contributed by atoms with Crippen LogP contribution in [-0.2, 0) is 14.8 Å². The standard InChI is InChI=1S/C9H9Cl2NO4S/c1-5(9(13)14)17(15,16)12-8-3-6(10)2-7(11)4-8/h2-5,12H,1H3,(H,13,14). The van der Waals surface area contributed by atoms with Crippen LogP contribution in [0.2, 0.25) is 10.0 Å². The molecule has 1 aromatic rings. The second-order valence-corrected chi connectivity index (χ2v) is 6.16. The molecule has 1 aromatic carbocycles. The second kappa shape index (κ2) is 5.12. The summed E-state index contributed by atoms with van der Waals surface area (Å²) in [4.78, 5) is 10.6. The highest BCUT2D eigenvalue weighted by Gasteiger charge is 2.27. The average Bonchev–Trinajstić information content (AvgIpc) is 2.13. The third kappa shape index (κ3) is 3.76. The van der Waals surface area contributed by atoms with Gasteiger partial charge in [0.25, 0.3) is 0 Å². The van der Waals surface area contributed by atoms with E-state index in [1.807, 2.05) is 0 Å². The number of rotatable bonds is 4. The number of aliphatic carboxylic acids is 1. The SMILES string of the molecule is CC(C(=O)O)S(=O)(=O)Nc1cc(Cl)cc(Cl)c1. The van der Waals surface area contributed by atoms with Crippen LogP contribution in [-0.4, -0.2) is 24.7 Å². The van der Waals surface area contributed by atoms with Gasteiger partial charge in [-0.1, -0.05) is 23.2 Å². The zero-order chi connectivity index (χ0) is 13.2. The highest BCUT2D eigenvalue weighted by Crippen LogP contribution is 2.23. The predicted molar refractivity (Wildman–Crippen MR) is 66.1 cm³/mol. The fourth-order valence-electron chi connectivity index (χ4n) is 0.998. The molecule has 0 aliphatic carbocycles. The summed E-state index contributed by atoms with van der Waals surface area (Å²) < 4.78 is 25.3. The highest BCUT2D eigenvalue weighted by molar-refractivity contribution is 7.94. The molecule has 1 unspecified atom stereocenters. The van der Waals surface area contributed by atoms with Gasteiger partial charge in [-0.3, -0.25) is 9.52 Å². The molecule has 0 aliphatic rings. The number of sulfonamides is 1. The molecule has 2 N–H and O–H groups in total. The Morgan fingerprint density at radius 1 is 1.29 bits per heavy atom. The van der Waals surface area contributed by atoms with Gasteiger partial charge < -0.3 is 5.11 Å².